The minimum atomic E-state index is -0.783. The number of nitrogens with zero attached hydrogens (tertiary/aromatic N) is 1. The summed E-state index contributed by atoms with van der Waals surface area (Å²) < 4.78 is 19.7. The van der Waals surface area contributed by atoms with Gasteiger partial charge >= 0.3 is 5.97 Å². The van der Waals surface area contributed by atoms with Crippen molar-refractivity contribution in [3.63, 3.8) is 0 Å². The molecule has 7 heteroatoms. The molecule has 1 heterocycles. The second kappa shape index (κ2) is 9.55. The Hall–Kier alpha value is -1.60. The second-order valence-electron chi connectivity index (χ2n) is 6.36. The van der Waals surface area contributed by atoms with Gasteiger partial charge in [-0.05, 0) is 29.8 Å². The van der Waals surface area contributed by atoms with E-state index in [0.29, 0.717) is 36.0 Å². The molecular weight excluding hydrogens is 389 g/mol. The molecule has 0 aliphatic carbocycles. The molecule has 1 atom stereocenters. The van der Waals surface area contributed by atoms with Gasteiger partial charge in [0.1, 0.15) is 5.82 Å². The van der Waals surface area contributed by atoms with E-state index in [0.717, 1.165) is 17.0 Å². The summed E-state index contributed by atoms with van der Waals surface area (Å²) in [6, 6.07) is 12.7. The topological polar surface area (TPSA) is 49.8 Å². The first-order valence-corrected chi connectivity index (χ1v) is 10.1. The first kappa shape index (κ1) is 20.1. The third-order valence-electron chi connectivity index (χ3n) is 4.49. The third kappa shape index (κ3) is 5.69. The maximum absolute atomic E-state index is 13.9. The monoisotopic (exact) mass is 409 g/mol. The summed E-state index contributed by atoms with van der Waals surface area (Å²) in [5.41, 5.74) is 1.57. The second-order valence-corrected chi connectivity index (χ2v) is 7.82. The molecule has 1 unspecified atom stereocenters. The zero-order valence-electron chi connectivity index (χ0n) is 14.7. The van der Waals surface area contributed by atoms with Gasteiger partial charge in [0.25, 0.3) is 0 Å². The smallest absolute Gasteiger partial charge is 0.304 e. The van der Waals surface area contributed by atoms with Crippen LogP contribution in [0, 0.1) is 5.82 Å². The molecule has 3 rings (SSSR count). The molecule has 0 bridgehead atoms. The van der Waals surface area contributed by atoms with Crippen LogP contribution in [0.4, 0.5) is 4.39 Å². The Kier molecular flexibility index (Phi) is 7.13. The van der Waals surface area contributed by atoms with Gasteiger partial charge in [-0.15, -0.1) is 11.8 Å². The summed E-state index contributed by atoms with van der Waals surface area (Å²) in [6.07, 6.45) is 0.0774. The number of hydrogen-bond donors (Lipinski definition) is 1. The van der Waals surface area contributed by atoms with Crippen molar-refractivity contribution < 1.29 is 19.0 Å². The fourth-order valence-corrected chi connectivity index (χ4v) is 4.21. The SMILES string of the molecule is O=C(O)CCN1CCOC(c2ccc(SCc3c(F)cccc3Cl)cc2)C1. The predicted molar refractivity (Wildman–Crippen MR) is 105 cm³/mol. The standard InChI is InChI=1S/C20H21ClFNO3S/c21-17-2-1-3-18(22)16(17)13-27-15-6-4-14(5-7-15)19-12-23(10-11-26-19)9-8-20(24)25/h1-7,19H,8-13H2,(H,24,25). The van der Waals surface area contributed by atoms with Gasteiger partial charge in [0.15, 0.2) is 0 Å². The Labute approximate surface area is 167 Å². The highest BCUT2D eigenvalue weighted by Crippen LogP contribution is 2.30. The molecular formula is C20H21ClFNO3S. The Morgan fingerprint density at radius 3 is 2.78 bits per heavy atom. The minimum Gasteiger partial charge on any atom is -0.481 e. The lowest BCUT2D eigenvalue weighted by Gasteiger charge is -2.32. The van der Waals surface area contributed by atoms with Crippen LogP contribution in [-0.4, -0.2) is 42.2 Å². The highest BCUT2D eigenvalue weighted by Gasteiger charge is 2.22. The Bertz CT molecular complexity index is 767. The van der Waals surface area contributed by atoms with Crippen LogP contribution >= 0.6 is 23.4 Å². The van der Waals surface area contributed by atoms with Crippen molar-refractivity contribution in [3.8, 4) is 0 Å². The third-order valence-corrected chi connectivity index (χ3v) is 5.88. The van der Waals surface area contributed by atoms with Gasteiger partial charge in [-0.1, -0.05) is 29.8 Å². The summed E-state index contributed by atoms with van der Waals surface area (Å²) in [6.45, 7) is 2.56. The number of hydrogen-bond acceptors (Lipinski definition) is 4. The summed E-state index contributed by atoms with van der Waals surface area (Å²) in [5, 5.41) is 9.27. The lowest BCUT2D eigenvalue weighted by Crippen LogP contribution is -2.39. The molecule has 1 aliphatic heterocycles. The average molecular weight is 410 g/mol. The molecule has 2 aromatic rings. The number of rotatable bonds is 7. The molecule has 144 valence electrons. The van der Waals surface area contributed by atoms with Gasteiger partial charge in [0, 0.05) is 40.9 Å². The van der Waals surface area contributed by atoms with E-state index in [9.17, 15) is 9.18 Å². The van der Waals surface area contributed by atoms with Crippen LogP contribution in [0.3, 0.4) is 0 Å². The van der Waals surface area contributed by atoms with Gasteiger partial charge in [0.2, 0.25) is 0 Å². The first-order chi connectivity index (χ1) is 13.0. The van der Waals surface area contributed by atoms with E-state index in [-0.39, 0.29) is 18.3 Å². The number of aliphatic carboxylic acids is 1. The number of thioether (sulfide) groups is 1. The van der Waals surface area contributed by atoms with E-state index in [4.69, 9.17) is 21.4 Å². The molecule has 27 heavy (non-hydrogen) atoms. The van der Waals surface area contributed by atoms with E-state index in [1.54, 1.807) is 12.1 Å². The predicted octanol–water partition coefficient (Wildman–Crippen LogP) is 4.62. The van der Waals surface area contributed by atoms with Crippen LogP contribution in [-0.2, 0) is 15.3 Å². The zero-order valence-corrected chi connectivity index (χ0v) is 16.3. The van der Waals surface area contributed by atoms with E-state index in [1.165, 1.54) is 17.8 Å². The first-order valence-electron chi connectivity index (χ1n) is 8.74. The number of benzene rings is 2. The van der Waals surface area contributed by atoms with Crippen LogP contribution < -0.4 is 0 Å². The minimum absolute atomic E-state index is 0.0624. The fourth-order valence-electron chi connectivity index (χ4n) is 2.97. The molecule has 0 saturated carbocycles. The fraction of sp³-hybridized carbons (Fsp3) is 0.350. The number of carbonyl (C=O) groups is 1. The van der Waals surface area contributed by atoms with Crippen LogP contribution in [0.2, 0.25) is 5.02 Å². The van der Waals surface area contributed by atoms with Crippen molar-refractivity contribution >= 4 is 29.3 Å². The van der Waals surface area contributed by atoms with E-state index >= 15 is 0 Å². The molecule has 1 fully saturated rings. The highest BCUT2D eigenvalue weighted by molar-refractivity contribution is 7.98. The molecule has 1 saturated heterocycles. The molecule has 0 aromatic heterocycles. The van der Waals surface area contributed by atoms with Gasteiger partial charge in [-0.2, -0.15) is 0 Å². The van der Waals surface area contributed by atoms with Gasteiger partial charge in [-0.3, -0.25) is 9.69 Å². The van der Waals surface area contributed by atoms with Crippen LogP contribution in [0.15, 0.2) is 47.4 Å². The van der Waals surface area contributed by atoms with Crippen molar-refractivity contribution in [3.05, 3.63) is 64.4 Å². The van der Waals surface area contributed by atoms with Gasteiger partial charge in [0.05, 0.1) is 19.1 Å². The molecule has 4 nitrogen and oxygen atoms in total. The number of halogens is 2. The van der Waals surface area contributed by atoms with Gasteiger partial charge in [-0.25, -0.2) is 4.39 Å². The summed E-state index contributed by atoms with van der Waals surface area (Å²) >= 11 is 7.60. The maximum Gasteiger partial charge on any atom is 0.304 e. The van der Waals surface area contributed by atoms with Crippen LogP contribution in [0.25, 0.3) is 0 Å². The Balaban J connectivity index is 1.57. The summed E-state index contributed by atoms with van der Waals surface area (Å²) in [5.74, 6) is -0.605. The van der Waals surface area contributed by atoms with Crippen LogP contribution in [0.1, 0.15) is 23.7 Å². The quantitative estimate of drug-likeness (QED) is 0.676. The molecule has 0 amide bonds. The molecule has 1 N–H and O–H groups in total. The Morgan fingerprint density at radius 2 is 2.07 bits per heavy atom. The number of carboxylic acid groups (broad SMARTS) is 1. The van der Waals surface area contributed by atoms with Crippen molar-refractivity contribution in [1.82, 2.24) is 4.90 Å². The largest absolute Gasteiger partial charge is 0.481 e. The number of carboxylic acids is 1. The van der Waals surface area contributed by atoms with Crippen molar-refractivity contribution in [1.29, 1.82) is 0 Å². The van der Waals surface area contributed by atoms with Crippen molar-refractivity contribution in [2.24, 2.45) is 0 Å². The summed E-state index contributed by atoms with van der Waals surface area (Å²) in [7, 11) is 0. The molecule has 0 spiro atoms. The lowest BCUT2D eigenvalue weighted by molar-refractivity contribution is -0.137. The molecule has 2 aromatic carbocycles. The van der Waals surface area contributed by atoms with E-state index < -0.39 is 5.97 Å². The zero-order chi connectivity index (χ0) is 19.2. The van der Waals surface area contributed by atoms with Crippen LogP contribution in [0.5, 0.6) is 0 Å². The maximum atomic E-state index is 13.9. The van der Waals surface area contributed by atoms with Gasteiger partial charge < -0.3 is 9.84 Å². The lowest BCUT2D eigenvalue weighted by atomic mass is 10.1. The number of ether oxygens (including phenoxy) is 1. The van der Waals surface area contributed by atoms with Crippen molar-refractivity contribution in [2.75, 3.05) is 26.2 Å². The average Bonchev–Trinajstić information content (AvgIpc) is 2.67. The molecule has 1 aliphatic rings. The normalized spacial score (nSPS) is 17.8. The van der Waals surface area contributed by atoms with E-state index in [1.807, 2.05) is 24.3 Å². The van der Waals surface area contributed by atoms with Crippen molar-refractivity contribution in [2.45, 2.75) is 23.2 Å². The van der Waals surface area contributed by atoms with E-state index in [2.05, 4.69) is 4.90 Å². The Morgan fingerprint density at radius 1 is 1.30 bits per heavy atom. The number of morpholine rings is 1. The molecule has 0 radical (unpaired) electrons. The summed E-state index contributed by atoms with van der Waals surface area (Å²) in [4.78, 5) is 13.9. The highest BCUT2D eigenvalue weighted by atomic mass is 35.5.